The van der Waals surface area contributed by atoms with Gasteiger partial charge in [-0.3, -0.25) is 0 Å². The highest BCUT2D eigenvalue weighted by molar-refractivity contribution is 6.12. The molecule has 306 valence electrons. The van der Waals surface area contributed by atoms with Gasteiger partial charge in [-0.05, 0) is 118 Å². The van der Waals surface area contributed by atoms with Gasteiger partial charge < -0.3 is 9.13 Å². The third-order valence-electron chi connectivity index (χ3n) is 12.0. The molecule has 2 heterocycles. The number of alkyl halides is 3. The van der Waals surface area contributed by atoms with Gasteiger partial charge in [-0.25, -0.2) is 0 Å². The third-order valence-corrected chi connectivity index (χ3v) is 12.0. The maximum absolute atomic E-state index is 14.0. The van der Waals surface area contributed by atoms with Crippen LogP contribution in [0.1, 0.15) is 38.9 Å². The number of aromatic nitrogens is 2. The summed E-state index contributed by atoms with van der Waals surface area (Å²) in [6.45, 7) is 0. The highest BCUT2D eigenvalue weighted by atomic mass is 19.4. The molecule has 10 aromatic rings. The maximum atomic E-state index is 14.0. The van der Waals surface area contributed by atoms with E-state index >= 15 is 0 Å². The molecule has 2 aromatic heterocycles. The molecule has 0 fully saturated rings. The van der Waals surface area contributed by atoms with E-state index in [-0.39, 0.29) is 16.7 Å². The summed E-state index contributed by atoms with van der Waals surface area (Å²) in [6, 6.07) is 56.0. The Hall–Kier alpha value is -9.91. The maximum Gasteiger partial charge on any atom is 0.416 e. The summed E-state index contributed by atoms with van der Waals surface area (Å²) in [5.41, 5.74) is 7.24. The summed E-state index contributed by atoms with van der Waals surface area (Å²) in [6.07, 6.45) is -4.70. The number of para-hydroxylation sites is 2. The topological polar surface area (TPSA) is 153 Å². The second kappa shape index (κ2) is 15.5. The van der Waals surface area contributed by atoms with Gasteiger partial charge in [0.15, 0.2) is 0 Å². The van der Waals surface area contributed by atoms with E-state index < -0.39 is 11.7 Å². The van der Waals surface area contributed by atoms with E-state index in [1.807, 2.05) is 100 Å². The number of halogens is 3. The number of nitrogens with zero attached hydrogens (tertiary/aromatic N) is 8. The molecule has 11 heteroatoms. The van der Waals surface area contributed by atoms with E-state index in [9.17, 15) is 44.7 Å². The van der Waals surface area contributed by atoms with E-state index in [2.05, 4.69) is 30.3 Å². The van der Waals surface area contributed by atoms with E-state index in [1.165, 1.54) is 18.2 Å². The highest BCUT2D eigenvalue weighted by Crippen LogP contribution is 2.43. The quantitative estimate of drug-likeness (QED) is 0.168. The first kappa shape index (κ1) is 40.2. The molecule has 0 saturated heterocycles. The molecular formula is C55H25F3N8. The van der Waals surface area contributed by atoms with Crippen LogP contribution >= 0.6 is 0 Å². The first-order valence-corrected chi connectivity index (χ1v) is 20.2. The molecule has 0 amide bonds. The Labute approximate surface area is 374 Å². The fourth-order valence-corrected chi connectivity index (χ4v) is 9.02. The van der Waals surface area contributed by atoms with Crippen LogP contribution < -0.4 is 0 Å². The molecule has 8 nitrogen and oxygen atoms in total. The van der Waals surface area contributed by atoms with Gasteiger partial charge in [-0.2, -0.15) is 44.7 Å². The van der Waals surface area contributed by atoms with Gasteiger partial charge in [0, 0.05) is 21.5 Å². The van der Waals surface area contributed by atoms with Crippen molar-refractivity contribution < 1.29 is 13.2 Å². The Morgan fingerprint density at radius 3 is 1.23 bits per heavy atom. The van der Waals surface area contributed by atoms with Crippen LogP contribution in [-0.2, 0) is 6.18 Å². The number of hydrogen-bond donors (Lipinski definition) is 0. The second-order valence-electron chi connectivity index (χ2n) is 15.5. The molecule has 0 aliphatic heterocycles. The predicted molar refractivity (Wildman–Crippen MR) is 245 cm³/mol. The lowest BCUT2D eigenvalue weighted by atomic mass is 9.95. The molecule has 0 bridgehead atoms. The lowest BCUT2D eigenvalue weighted by Crippen LogP contribution is -2.07. The van der Waals surface area contributed by atoms with Crippen molar-refractivity contribution in [3.05, 3.63) is 191 Å². The number of benzene rings is 8. The van der Waals surface area contributed by atoms with Crippen molar-refractivity contribution in [1.82, 2.24) is 9.13 Å². The first-order valence-electron chi connectivity index (χ1n) is 20.2. The van der Waals surface area contributed by atoms with Crippen LogP contribution in [0.5, 0.6) is 0 Å². The third kappa shape index (κ3) is 6.34. The standard InChI is InChI=1S/C55H25F3N8/c56-55(57,58)40-13-16-43(39(21-40)30-63)36-24-53(65-49-7-3-1-5-44(49)46-22-34(11-17-51(46)65)41-14-9-32(26-59)19-37(41)28-61)48(31-64)54(25-36)66-50-8-4-2-6-45(50)47-23-35(12-18-52(47)66)42-15-10-33(27-60)20-38(42)29-62/h1-25H. The molecule has 0 atom stereocenters. The Kier molecular flexibility index (Phi) is 9.41. The van der Waals surface area contributed by atoms with Gasteiger partial charge in [-0.15, -0.1) is 0 Å². The van der Waals surface area contributed by atoms with Crippen molar-refractivity contribution in [2.24, 2.45) is 0 Å². The van der Waals surface area contributed by atoms with E-state index in [1.54, 1.807) is 36.4 Å². The Balaban J connectivity index is 1.30. The van der Waals surface area contributed by atoms with Crippen LogP contribution in [-0.4, -0.2) is 9.13 Å². The minimum absolute atomic E-state index is 0.211. The summed E-state index contributed by atoms with van der Waals surface area (Å²) >= 11 is 0. The van der Waals surface area contributed by atoms with E-state index in [4.69, 9.17) is 0 Å². The fraction of sp³-hybridized carbons (Fsp3) is 0.0182. The van der Waals surface area contributed by atoms with Crippen molar-refractivity contribution in [3.8, 4) is 81.2 Å². The summed E-state index contributed by atoms with van der Waals surface area (Å²) in [7, 11) is 0. The number of rotatable bonds is 5. The Bertz CT molecular complexity index is 3800. The molecule has 0 aliphatic rings. The molecule has 0 saturated carbocycles. The molecule has 66 heavy (non-hydrogen) atoms. The van der Waals surface area contributed by atoms with Crippen LogP contribution in [0, 0.1) is 68.0 Å². The van der Waals surface area contributed by atoms with Crippen molar-refractivity contribution in [1.29, 1.82) is 31.6 Å². The number of fused-ring (bicyclic) bond motifs is 6. The van der Waals surface area contributed by atoms with Gasteiger partial charge in [-0.1, -0.05) is 66.7 Å². The zero-order valence-corrected chi connectivity index (χ0v) is 34.1. The number of hydrogen-bond acceptors (Lipinski definition) is 6. The number of nitriles is 6. The summed E-state index contributed by atoms with van der Waals surface area (Å²) in [5, 5.41) is 64.1. The van der Waals surface area contributed by atoms with E-state index in [0.717, 1.165) is 44.8 Å². The van der Waals surface area contributed by atoms with Crippen LogP contribution in [0.15, 0.2) is 152 Å². The van der Waals surface area contributed by atoms with Crippen molar-refractivity contribution in [2.45, 2.75) is 6.18 Å². The molecular weight excluding hydrogens is 830 g/mol. The van der Waals surface area contributed by atoms with Gasteiger partial charge in [0.2, 0.25) is 0 Å². The Morgan fingerprint density at radius 2 is 0.788 bits per heavy atom. The molecule has 0 radical (unpaired) electrons. The molecule has 0 spiro atoms. The van der Waals surface area contributed by atoms with Gasteiger partial charge in [0.25, 0.3) is 0 Å². The normalized spacial score (nSPS) is 11.2. The van der Waals surface area contributed by atoms with Crippen molar-refractivity contribution >= 4 is 43.6 Å². The van der Waals surface area contributed by atoms with Crippen molar-refractivity contribution in [3.63, 3.8) is 0 Å². The lowest BCUT2D eigenvalue weighted by Gasteiger charge is -2.19. The minimum Gasteiger partial charge on any atom is -0.308 e. The smallest absolute Gasteiger partial charge is 0.308 e. The minimum atomic E-state index is -4.70. The largest absolute Gasteiger partial charge is 0.416 e. The summed E-state index contributed by atoms with van der Waals surface area (Å²) in [4.78, 5) is 0. The molecule has 0 aliphatic carbocycles. The molecule has 10 rings (SSSR count). The zero-order chi connectivity index (χ0) is 45.9. The summed E-state index contributed by atoms with van der Waals surface area (Å²) < 4.78 is 46.0. The van der Waals surface area contributed by atoms with Gasteiger partial charge >= 0.3 is 6.18 Å². The molecule has 8 aromatic carbocycles. The van der Waals surface area contributed by atoms with Crippen molar-refractivity contribution in [2.75, 3.05) is 0 Å². The molecule has 0 unspecified atom stereocenters. The van der Waals surface area contributed by atoms with Crippen LogP contribution in [0.3, 0.4) is 0 Å². The average molecular weight is 855 g/mol. The Morgan fingerprint density at radius 1 is 0.364 bits per heavy atom. The van der Waals surface area contributed by atoms with Crippen LogP contribution in [0.4, 0.5) is 13.2 Å². The fourth-order valence-electron chi connectivity index (χ4n) is 9.02. The average Bonchev–Trinajstić information content (AvgIpc) is 3.86. The zero-order valence-electron chi connectivity index (χ0n) is 34.1. The van der Waals surface area contributed by atoms with Gasteiger partial charge in [0.1, 0.15) is 11.6 Å². The SMILES string of the molecule is N#Cc1ccc(-c2ccc3c(c2)c2ccccc2n3-c2cc(-c3ccc(C(F)(F)F)cc3C#N)cc(-n3c4ccccc4c4cc(-c5ccc(C#N)cc5C#N)ccc43)c2C#N)c(C#N)c1. The lowest BCUT2D eigenvalue weighted by molar-refractivity contribution is -0.137. The second-order valence-corrected chi connectivity index (χ2v) is 15.5. The summed E-state index contributed by atoms with van der Waals surface area (Å²) in [5.74, 6) is 0. The predicted octanol–water partition coefficient (Wildman–Crippen LogP) is 13.1. The molecule has 0 N–H and O–H groups in total. The monoisotopic (exact) mass is 854 g/mol. The van der Waals surface area contributed by atoms with Gasteiger partial charge in [0.05, 0.1) is 97.2 Å². The first-order chi connectivity index (χ1) is 32.1. The van der Waals surface area contributed by atoms with Crippen LogP contribution in [0.2, 0.25) is 0 Å². The highest BCUT2D eigenvalue weighted by Gasteiger charge is 2.32. The van der Waals surface area contributed by atoms with E-state index in [0.29, 0.717) is 72.4 Å². The van der Waals surface area contributed by atoms with Crippen LogP contribution in [0.25, 0.3) is 88.4 Å².